The molecule has 0 radical (unpaired) electrons. The Labute approximate surface area is 91.9 Å². The number of hydrogen-bond acceptors (Lipinski definition) is 4. The number of anilines is 1. The molecular formula is C8H5BrFN3S. The number of aromatic nitrogens is 2. The molecule has 2 aromatic heterocycles. The zero-order chi connectivity index (χ0) is 10.1. The highest BCUT2D eigenvalue weighted by molar-refractivity contribution is 9.10. The molecule has 0 aromatic carbocycles. The summed E-state index contributed by atoms with van der Waals surface area (Å²) in [5.41, 5.74) is 6.14. The van der Waals surface area contributed by atoms with Gasteiger partial charge in [0.05, 0.1) is 0 Å². The van der Waals surface area contributed by atoms with E-state index in [4.69, 9.17) is 5.73 Å². The summed E-state index contributed by atoms with van der Waals surface area (Å²) in [7, 11) is 0. The van der Waals surface area contributed by atoms with Crippen molar-refractivity contribution in [1.82, 2.24) is 9.97 Å². The second kappa shape index (κ2) is 3.62. The number of hydrogen-bond donors (Lipinski definition) is 1. The zero-order valence-corrected chi connectivity index (χ0v) is 9.27. The summed E-state index contributed by atoms with van der Waals surface area (Å²) < 4.78 is 14.0. The molecule has 2 rings (SSSR count). The Morgan fingerprint density at radius 3 is 2.86 bits per heavy atom. The van der Waals surface area contributed by atoms with Gasteiger partial charge in [-0.15, -0.1) is 11.3 Å². The van der Waals surface area contributed by atoms with Crippen LogP contribution in [-0.4, -0.2) is 9.97 Å². The van der Waals surface area contributed by atoms with Crippen molar-refractivity contribution in [2.45, 2.75) is 0 Å². The molecule has 2 heterocycles. The summed E-state index contributed by atoms with van der Waals surface area (Å²) in [6.07, 6.45) is 1.52. The maximum absolute atomic E-state index is 13.4. The van der Waals surface area contributed by atoms with Crippen LogP contribution in [0.2, 0.25) is 0 Å². The van der Waals surface area contributed by atoms with Gasteiger partial charge < -0.3 is 5.73 Å². The minimum absolute atomic E-state index is 0.223. The van der Waals surface area contributed by atoms with Gasteiger partial charge in [-0.25, -0.2) is 9.37 Å². The number of nitrogens with two attached hydrogens (primary N) is 1. The molecule has 3 nitrogen and oxygen atoms in total. The minimum Gasteiger partial charge on any atom is -0.375 e. The van der Waals surface area contributed by atoms with E-state index in [0.717, 1.165) is 0 Å². The Hall–Kier alpha value is -1.01. The fraction of sp³-hybridized carbons (Fsp3) is 0. The number of halogens is 2. The van der Waals surface area contributed by atoms with Gasteiger partial charge in [-0.3, -0.25) is 4.98 Å². The lowest BCUT2D eigenvalue weighted by molar-refractivity contribution is 0.624. The van der Waals surface area contributed by atoms with Crippen LogP contribution in [0.1, 0.15) is 0 Å². The van der Waals surface area contributed by atoms with E-state index in [9.17, 15) is 4.39 Å². The highest BCUT2D eigenvalue weighted by Gasteiger charge is 2.10. The van der Waals surface area contributed by atoms with E-state index < -0.39 is 5.82 Å². The van der Waals surface area contributed by atoms with Crippen LogP contribution >= 0.6 is 27.3 Å². The second-order valence-corrected chi connectivity index (χ2v) is 4.36. The first kappa shape index (κ1) is 9.54. The Morgan fingerprint density at radius 2 is 2.29 bits per heavy atom. The lowest BCUT2D eigenvalue weighted by atomic mass is 10.3. The molecule has 0 aliphatic rings. The Morgan fingerprint density at radius 1 is 1.50 bits per heavy atom. The smallest absolute Gasteiger partial charge is 0.180 e. The number of pyridine rings is 1. The Balaban J connectivity index is 2.52. The van der Waals surface area contributed by atoms with Gasteiger partial charge in [0, 0.05) is 16.0 Å². The predicted molar refractivity (Wildman–Crippen MR) is 57.4 cm³/mol. The molecule has 0 bridgehead atoms. The quantitative estimate of drug-likeness (QED) is 0.869. The molecule has 2 aromatic rings. The van der Waals surface area contributed by atoms with E-state index in [0.29, 0.717) is 15.3 Å². The first-order valence-electron chi connectivity index (χ1n) is 3.69. The molecule has 0 amide bonds. The lowest BCUT2D eigenvalue weighted by Crippen LogP contribution is -1.90. The number of thiazole rings is 1. The molecule has 0 aliphatic heterocycles. The Bertz CT molecular complexity index is 471. The number of nitrogens with zero attached hydrogens (tertiary/aromatic N) is 2. The molecule has 2 N–H and O–H groups in total. The van der Waals surface area contributed by atoms with E-state index in [1.54, 1.807) is 5.38 Å². The van der Waals surface area contributed by atoms with Crippen LogP contribution in [0, 0.1) is 5.82 Å². The van der Waals surface area contributed by atoms with E-state index in [-0.39, 0.29) is 5.69 Å². The molecule has 6 heteroatoms. The largest absolute Gasteiger partial charge is 0.375 e. The fourth-order valence-electron chi connectivity index (χ4n) is 0.999. The van der Waals surface area contributed by atoms with Gasteiger partial charge in [0.1, 0.15) is 11.4 Å². The average molecular weight is 274 g/mol. The third-order valence-electron chi connectivity index (χ3n) is 1.57. The van der Waals surface area contributed by atoms with Crippen molar-refractivity contribution < 1.29 is 4.39 Å². The molecule has 72 valence electrons. The van der Waals surface area contributed by atoms with Crippen LogP contribution in [0.3, 0.4) is 0 Å². The molecule has 0 spiro atoms. The van der Waals surface area contributed by atoms with E-state index in [1.807, 2.05) is 0 Å². The molecule has 0 saturated carbocycles. The molecule has 14 heavy (non-hydrogen) atoms. The molecule has 0 atom stereocenters. The van der Waals surface area contributed by atoms with Crippen LogP contribution in [0.4, 0.5) is 9.52 Å². The van der Waals surface area contributed by atoms with Gasteiger partial charge in [-0.2, -0.15) is 0 Å². The summed E-state index contributed by atoms with van der Waals surface area (Å²) in [6.45, 7) is 0. The Kier molecular flexibility index (Phi) is 2.47. The highest BCUT2D eigenvalue weighted by atomic mass is 79.9. The molecule has 0 saturated heterocycles. The van der Waals surface area contributed by atoms with Crippen molar-refractivity contribution in [2.75, 3.05) is 5.73 Å². The van der Waals surface area contributed by atoms with Gasteiger partial charge in [0.25, 0.3) is 0 Å². The fourth-order valence-corrected chi connectivity index (χ4v) is 1.85. The monoisotopic (exact) mass is 273 g/mol. The van der Waals surface area contributed by atoms with Crippen molar-refractivity contribution in [3.63, 3.8) is 0 Å². The molecule has 0 unspecified atom stereocenters. The van der Waals surface area contributed by atoms with E-state index in [2.05, 4.69) is 25.9 Å². The van der Waals surface area contributed by atoms with E-state index in [1.165, 1.54) is 23.6 Å². The maximum Gasteiger partial charge on any atom is 0.180 e. The number of nitrogen functional groups attached to an aromatic ring is 1. The van der Waals surface area contributed by atoms with Crippen LogP contribution in [0.5, 0.6) is 0 Å². The second-order valence-electron chi connectivity index (χ2n) is 2.55. The number of rotatable bonds is 1. The first-order valence-corrected chi connectivity index (χ1v) is 5.36. The van der Waals surface area contributed by atoms with Crippen molar-refractivity contribution in [2.24, 2.45) is 0 Å². The van der Waals surface area contributed by atoms with Gasteiger partial charge in [-0.05, 0) is 22.0 Å². The van der Waals surface area contributed by atoms with Crippen LogP contribution in [0.15, 0.2) is 22.1 Å². The molecule has 0 aliphatic carbocycles. The summed E-state index contributed by atoms with van der Waals surface area (Å²) in [5, 5.41) is 2.08. The molecular weight excluding hydrogens is 269 g/mol. The summed E-state index contributed by atoms with van der Waals surface area (Å²) in [5.74, 6) is -0.412. The van der Waals surface area contributed by atoms with Crippen molar-refractivity contribution in [1.29, 1.82) is 0 Å². The predicted octanol–water partition coefficient (Wildman–Crippen LogP) is 2.69. The maximum atomic E-state index is 13.4. The third-order valence-corrected chi connectivity index (χ3v) is 2.68. The summed E-state index contributed by atoms with van der Waals surface area (Å²) in [6, 6.07) is 1.35. The van der Waals surface area contributed by atoms with Gasteiger partial charge >= 0.3 is 0 Å². The van der Waals surface area contributed by atoms with Crippen LogP contribution in [0.25, 0.3) is 11.4 Å². The third kappa shape index (κ3) is 1.76. The topological polar surface area (TPSA) is 51.8 Å². The van der Waals surface area contributed by atoms with Crippen molar-refractivity contribution in [3.8, 4) is 11.4 Å². The average Bonchev–Trinajstić information content (AvgIpc) is 2.51. The zero-order valence-electron chi connectivity index (χ0n) is 6.87. The van der Waals surface area contributed by atoms with Crippen molar-refractivity contribution in [3.05, 3.63) is 27.9 Å². The summed E-state index contributed by atoms with van der Waals surface area (Å²) in [4.78, 5) is 7.88. The molecule has 0 fully saturated rings. The van der Waals surface area contributed by atoms with Crippen LogP contribution in [-0.2, 0) is 0 Å². The normalized spacial score (nSPS) is 10.4. The van der Waals surface area contributed by atoms with E-state index >= 15 is 0 Å². The highest BCUT2D eigenvalue weighted by Crippen LogP contribution is 2.25. The SMILES string of the molecule is Nc1nc(-c2ncc(Br)cc2F)cs1. The van der Waals surface area contributed by atoms with Gasteiger partial charge in [-0.1, -0.05) is 0 Å². The minimum atomic E-state index is -0.412. The summed E-state index contributed by atoms with van der Waals surface area (Å²) >= 11 is 4.39. The standard InChI is InChI=1S/C8H5BrFN3S/c9-4-1-5(10)7(12-2-4)6-3-14-8(11)13-6/h1-3H,(H2,11,13). The van der Waals surface area contributed by atoms with Gasteiger partial charge in [0.15, 0.2) is 10.9 Å². The van der Waals surface area contributed by atoms with Gasteiger partial charge in [0.2, 0.25) is 0 Å². The van der Waals surface area contributed by atoms with Crippen molar-refractivity contribution >= 4 is 32.4 Å². The lowest BCUT2D eigenvalue weighted by Gasteiger charge is -1.97. The van der Waals surface area contributed by atoms with Crippen LogP contribution < -0.4 is 5.73 Å². The first-order chi connectivity index (χ1) is 6.66.